The van der Waals surface area contributed by atoms with Gasteiger partial charge in [0, 0.05) is 25.2 Å². The number of benzene rings is 1. The molecule has 2 N–H and O–H groups in total. The number of hydrogen-bond acceptors (Lipinski definition) is 4. The Morgan fingerprint density at radius 1 is 1.46 bits per heavy atom. The number of nitrogens with two attached hydrogens (primary N) is 1. The van der Waals surface area contributed by atoms with Gasteiger partial charge in [0.1, 0.15) is 0 Å². The van der Waals surface area contributed by atoms with E-state index in [1.165, 1.54) is 5.56 Å². The minimum Gasteiger partial charge on any atom is -0.481 e. The molecular weight excluding hydrogens is 304 g/mol. The Hall–Kier alpha value is -2.34. The van der Waals surface area contributed by atoms with Crippen molar-refractivity contribution < 1.29 is 9.53 Å². The van der Waals surface area contributed by atoms with Gasteiger partial charge in [0.25, 0.3) is 0 Å². The third kappa shape index (κ3) is 3.01. The molecule has 128 valence electrons. The van der Waals surface area contributed by atoms with Gasteiger partial charge >= 0.3 is 0 Å². The molecular formula is C18H24N4O2. The fourth-order valence-corrected chi connectivity index (χ4v) is 3.68. The van der Waals surface area contributed by atoms with Crippen molar-refractivity contribution in [2.45, 2.75) is 32.4 Å². The molecule has 1 aliphatic heterocycles. The first-order valence-electron chi connectivity index (χ1n) is 8.21. The predicted octanol–water partition coefficient (Wildman–Crippen LogP) is 2.17. The molecule has 0 aliphatic carbocycles. The molecule has 6 heteroatoms. The van der Waals surface area contributed by atoms with Gasteiger partial charge in [-0.1, -0.05) is 12.1 Å². The molecule has 1 amide bonds. The van der Waals surface area contributed by atoms with Crippen LogP contribution in [0, 0.1) is 6.92 Å². The number of aryl methyl sites for hydroxylation is 2. The van der Waals surface area contributed by atoms with E-state index in [9.17, 15) is 4.79 Å². The first-order chi connectivity index (χ1) is 11.5. The van der Waals surface area contributed by atoms with E-state index in [0.29, 0.717) is 5.56 Å². The second kappa shape index (κ2) is 6.65. The maximum Gasteiger partial charge on any atom is 0.248 e. The van der Waals surface area contributed by atoms with E-state index in [-0.39, 0.29) is 11.9 Å². The zero-order valence-corrected chi connectivity index (χ0v) is 14.5. The molecule has 24 heavy (non-hydrogen) atoms. The number of carbonyl (C=O) groups is 1. The van der Waals surface area contributed by atoms with Gasteiger partial charge in [0.15, 0.2) is 0 Å². The zero-order valence-electron chi connectivity index (χ0n) is 14.5. The lowest BCUT2D eigenvalue weighted by atomic mass is 10.0. The number of aromatic nitrogens is 2. The lowest BCUT2D eigenvalue weighted by molar-refractivity contribution is 0.1000. The van der Waals surface area contributed by atoms with Crippen LogP contribution in [0.15, 0.2) is 24.3 Å². The summed E-state index contributed by atoms with van der Waals surface area (Å²) >= 11 is 0. The lowest BCUT2D eigenvalue weighted by Gasteiger charge is -2.25. The summed E-state index contributed by atoms with van der Waals surface area (Å²) in [5, 5.41) is 4.51. The van der Waals surface area contributed by atoms with Gasteiger partial charge in [-0.05, 0) is 44.0 Å². The number of ether oxygens (including phenoxy) is 1. The molecule has 6 nitrogen and oxygen atoms in total. The van der Waals surface area contributed by atoms with Crippen molar-refractivity contribution in [1.29, 1.82) is 0 Å². The Labute approximate surface area is 142 Å². The molecule has 2 heterocycles. The van der Waals surface area contributed by atoms with Gasteiger partial charge in [-0.15, -0.1) is 0 Å². The number of methoxy groups -OCH3 is 1. The van der Waals surface area contributed by atoms with E-state index in [2.05, 4.69) is 10.00 Å². The van der Waals surface area contributed by atoms with Gasteiger partial charge in [-0.3, -0.25) is 9.69 Å². The number of primary amides is 1. The monoisotopic (exact) mass is 328 g/mol. The smallest absolute Gasteiger partial charge is 0.248 e. The van der Waals surface area contributed by atoms with Crippen LogP contribution in [0.2, 0.25) is 0 Å². The maximum absolute atomic E-state index is 11.4. The van der Waals surface area contributed by atoms with Crippen LogP contribution in [0.5, 0.6) is 5.88 Å². The quantitative estimate of drug-likeness (QED) is 0.913. The average Bonchev–Trinajstić information content (AvgIpc) is 3.10. The Bertz CT molecular complexity index is 753. The van der Waals surface area contributed by atoms with Crippen molar-refractivity contribution >= 4 is 5.91 Å². The fourth-order valence-electron chi connectivity index (χ4n) is 3.68. The summed E-state index contributed by atoms with van der Waals surface area (Å²) in [7, 11) is 3.60. The first-order valence-corrected chi connectivity index (χ1v) is 8.21. The van der Waals surface area contributed by atoms with Gasteiger partial charge in [0.2, 0.25) is 11.8 Å². The third-order valence-electron chi connectivity index (χ3n) is 4.70. The Balaban J connectivity index is 1.87. The predicted molar refractivity (Wildman–Crippen MR) is 91.8 cm³/mol. The highest BCUT2D eigenvalue weighted by atomic mass is 16.5. The Morgan fingerprint density at radius 3 is 2.96 bits per heavy atom. The molecule has 1 aromatic carbocycles. The first kappa shape index (κ1) is 16.5. The highest BCUT2D eigenvalue weighted by Crippen LogP contribution is 2.39. The number of hydrogen-bond donors (Lipinski definition) is 1. The SMILES string of the molecule is COc1c([C@H]2CCCN2Cc2cccc(C(N)=O)c2)c(C)nn1C. The number of nitrogens with zero attached hydrogens (tertiary/aromatic N) is 3. The van der Waals surface area contributed by atoms with Crippen LogP contribution in [0.3, 0.4) is 0 Å². The summed E-state index contributed by atoms with van der Waals surface area (Å²) in [5.41, 5.74) is 9.22. The van der Waals surface area contributed by atoms with Crippen molar-refractivity contribution in [1.82, 2.24) is 14.7 Å². The van der Waals surface area contributed by atoms with Crippen LogP contribution >= 0.6 is 0 Å². The minimum atomic E-state index is -0.389. The van der Waals surface area contributed by atoms with E-state index in [1.807, 2.05) is 32.2 Å². The molecule has 0 bridgehead atoms. The summed E-state index contributed by atoms with van der Waals surface area (Å²) in [6.07, 6.45) is 2.22. The van der Waals surface area contributed by atoms with Gasteiger partial charge < -0.3 is 10.5 Å². The van der Waals surface area contributed by atoms with Gasteiger partial charge in [0.05, 0.1) is 18.4 Å². The maximum atomic E-state index is 11.4. The number of likely N-dealkylation sites (tertiary alicyclic amines) is 1. The van der Waals surface area contributed by atoms with Crippen molar-refractivity contribution in [2.75, 3.05) is 13.7 Å². The summed E-state index contributed by atoms with van der Waals surface area (Å²) in [5.74, 6) is 0.440. The number of amides is 1. The summed E-state index contributed by atoms with van der Waals surface area (Å²) < 4.78 is 7.37. The lowest BCUT2D eigenvalue weighted by Crippen LogP contribution is -2.23. The molecule has 0 spiro atoms. The van der Waals surface area contributed by atoms with Crippen molar-refractivity contribution in [3.63, 3.8) is 0 Å². The van der Waals surface area contributed by atoms with Crippen LogP contribution in [-0.4, -0.2) is 34.2 Å². The standard InChI is InChI=1S/C18H24N4O2/c1-12-16(18(24-3)21(2)20-12)15-8-5-9-22(15)11-13-6-4-7-14(10-13)17(19)23/h4,6-7,10,15H,5,8-9,11H2,1-3H3,(H2,19,23)/t15-/m1/s1. The van der Waals surface area contributed by atoms with Crippen molar-refractivity contribution in [3.8, 4) is 5.88 Å². The largest absolute Gasteiger partial charge is 0.481 e. The fraction of sp³-hybridized carbons (Fsp3) is 0.444. The van der Waals surface area contributed by atoms with E-state index in [0.717, 1.165) is 43.1 Å². The van der Waals surface area contributed by atoms with Crippen LogP contribution < -0.4 is 10.5 Å². The number of carbonyl (C=O) groups excluding carboxylic acids is 1. The van der Waals surface area contributed by atoms with Crippen molar-refractivity contribution in [3.05, 3.63) is 46.6 Å². The van der Waals surface area contributed by atoms with E-state index >= 15 is 0 Å². The summed E-state index contributed by atoms with van der Waals surface area (Å²) in [6, 6.07) is 7.84. The average molecular weight is 328 g/mol. The minimum absolute atomic E-state index is 0.283. The van der Waals surface area contributed by atoms with E-state index < -0.39 is 0 Å². The third-order valence-corrected chi connectivity index (χ3v) is 4.70. The highest BCUT2D eigenvalue weighted by molar-refractivity contribution is 5.92. The van der Waals surface area contributed by atoms with Crippen LogP contribution in [-0.2, 0) is 13.6 Å². The second-order valence-corrected chi connectivity index (χ2v) is 6.33. The van der Waals surface area contributed by atoms with Gasteiger partial charge in [-0.2, -0.15) is 5.10 Å². The highest BCUT2D eigenvalue weighted by Gasteiger charge is 2.32. The van der Waals surface area contributed by atoms with Crippen LogP contribution in [0.25, 0.3) is 0 Å². The molecule has 0 radical (unpaired) electrons. The molecule has 1 atom stereocenters. The van der Waals surface area contributed by atoms with Crippen LogP contribution in [0.1, 0.15) is 46.1 Å². The van der Waals surface area contributed by atoms with E-state index in [1.54, 1.807) is 17.9 Å². The van der Waals surface area contributed by atoms with E-state index in [4.69, 9.17) is 10.5 Å². The Kier molecular flexibility index (Phi) is 4.57. The molecule has 1 fully saturated rings. The van der Waals surface area contributed by atoms with Gasteiger partial charge in [-0.25, -0.2) is 4.68 Å². The topological polar surface area (TPSA) is 73.4 Å². The molecule has 1 aromatic heterocycles. The second-order valence-electron chi connectivity index (χ2n) is 6.33. The molecule has 1 aliphatic rings. The molecule has 0 saturated carbocycles. The Morgan fingerprint density at radius 2 is 2.25 bits per heavy atom. The zero-order chi connectivity index (χ0) is 17.3. The summed E-state index contributed by atoms with van der Waals surface area (Å²) in [4.78, 5) is 13.8. The normalized spacial score (nSPS) is 18.0. The molecule has 0 unspecified atom stereocenters. The number of rotatable bonds is 5. The molecule has 2 aromatic rings. The van der Waals surface area contributed by atoms with Crippen molar-refractivity contribution in [2.24, 2.45) is 12.8 Å². The molecule has 3 rings (SSSR count). The van der Waals surface area contributed by atoms with Crippen LogP contribution in [0.4, 0.5) is 0 Å². The summed E-state index contributed by atoms with van der Waals surface area (Å²) in [6.45, 7) is 3.83. The molecule has 1 saturated heterocycles.